The van der Waals surface area contributed by atoms with Crippen molar-refractivity contribution in [1.82, 2.24) is 4.90 Å². The first-order chi connectivity index (χ1) is 8.46. The van der Waals surface area contributed by atoms with E-state index in [1.807, 2.05) is 38.1 Å². The van der Waals surface area contributed by atoms with Crippen molar-refractivity contribution in [1.29, 1.82) is 0 Å². The van der Waals surface area contributed by atoms with E-state index in [4.69, 9.17) is 0 Å². The van der Waals surface area contributed by atoms with Crippen LogP contribution in [0.2, 0.25) is 0 Å². The molecular weight excluding hydrogens is 226 g/mol. The number of benzene rings is 1. The molecule has 0 amide bonds. The Kier molecular flexibility index (Phi) is 3.83. The van der Waals surface area contributed by atoms with Gasteiger partial charge in [0, 0.05) is 31.6 Å². The summed E-state index contributed by atoms with van der Waals surface area (Å²) < 4.78 is 0. The molecule has 2 rings (SSSR count). The maximum absolute atomic E-state index is 12.0. The van der Waals surface area contributed by atoms with Gasteiger partial charge in [-0.15, -0.1) is 0 Å². The van der Waals surface area contributed by atoms with Gasteiger partial charge in [-0.05, 0) is 26.3 Å². The minimum absolute atomic E-state index is 0.185. The van der Waals surface area contributed by atoms with Gasteiger partial charge in [0.25, 0.3) is 0 Å². The van der Waals surface area contributed by atoms with Gasteiger partial charge in [-0.2, -0.15) is 0 Å². The van der Waals surface area contributed by atoms with Crippen LogP contribution in [0.15, 0.2) is 24.3 Å². The quantitative estimate of drug-likeness (QED) is 0.828. The van der Waals surface area contributed by atoms with Crippen molar-refractivity contribution in [2.45, 2.75) is 32.3 Å². The Bertz CT molecular complexity index is 440. The van der Waals surface area contributed by atoms with Gasteiger partial charge in [-0.25, -0.2) is 0 Å². The molecule has 1 atom stereocenters. The molecule has 1 aliphatic heterocycles. The molecule has 1 heterocycles. The van der Waals surface area contributed by atoms with Crippen molar-refractivity contribution in [3.8, 4) is 0 Å². The Balaban J connectivity index is 1.86. The van der Waals surface area contributed by atoms with E-state index in [9.17, 15) is 9.90 Å². The number of ketones is 1. The molecule has 1 aromatic rings. The zero-order chi connectivity index (χ0) is 13.2. The molecule has 0 aromatic heterocycles. The third-order valence-corrected chi connectivity index (χ3v) is 3.53. The lowest BCUT2D eigenvalue weighted by Gasteiger charge is -2.18. The average Bonchev–Trinajstić information content (AvgIpc) is 2.66. The summed E-state index contributed by atoms with van der Waals surface area (Å²) in [5, 5.41) is 9.86. The molecule has 0 aliphatic carbocycles. The summed E-state index contributed by atoms with van der Waals surface area (Å²) in [6.07, 6.45) is 1.32. The summed E-state index contributed by atoms with van der Waals surface area (Å²) in [6.45, 7) is 6.15. The van der Waals surface area contributed by atoms with Crippen molar-refractivity contribution < 1.29 is 9.90 Å². The summed E-state index contributed by atoms with van der Waals surface area (Å²) in [4.78, 5) is 14.2. The molecule has 0 radical (unpaired) electrons. The largest absolute Gasteiger partial charge is 0.389 e. The average molecular weight is 247 g/mol. The lowest BCUT2D eigenvalue weighted by atomic mass is 10.1. The molecule has 1 aliphatic rings. The molecule has 3 nitrogen and oxygen atoms in total. The number of Topliss-reactive ketones (excluding diaryl/α,β-unsaturated/α-hetero) is 1. The summed E-state index contributed by atoms with van der Waals surface area (Å²) in [5.74, 6) is 0.185. The van der Waals surface area contributed by atoms with Crippen molar-refractivity contribution >= 4 is 5.78 Å². The third kappa shape index (κ3) is 3.40. The van der Waals surface area contributed by atoms with Gasteiger partial charge in [-0.3, -0.25) is 9.69 Å². The number of hydrogen-bond acceptors (Lipinski definition) is 3. The van der Waals surface area contributed by atoms with E-state index in [2.05, 4.69) is 4.90 Å². The molecular formula is C15H21NO2. The molecule has 3 heteroatoms. The molecule has 0 bridgehead atoms. The third-order valence-electron chi connectivity index (χ3n) is 3.53. The smallest absolute Gasteiger partial charge is 0.164 e. The van der Waals surface area contributed by atoms with Crippen LogP contribution in [0.1, 0.15) is 35.7 Å². The van der Waals surface area contributed by atoms with E-state index < -0.39 is 5.60 Å². The minimum Gasteiger partial charge on any atom is -0.389 e. The molecule has 18 heavy (non-hydrogen) atoms. The highest BCUT2D eigenvalue weighted by molar-refractivity contribution is 5.96. The van der Waals surface area contributed by atoms with Crippen LogP contribution in [-0.2, 0) is 0 Å². The maximum atomic E-state index is 12.0. The topological polar surface area (TPSA) is 40.5 Å². The minimum atomic E-state index is -0.577. The Morgan fingerprint density at radius 1 is 1.50 bits per heavy atom. The highest BCUT2D eigenvalue weighted by atomic mass is 16.3. The highest BCUT2D eigenvalue weighted by Crippen LogP contribution is 2.20. The van der Waals surface area contributed by atoms with Crippen LogP contribution in [0, 0.1) is 6.92 Å². The SMILES string of the molecule is Cc1cccc(C(=O)CCN2CCC(C)(O)C2)c1. The van der Waals surface area contributed by atoms with E-state index in [0.717, 1.165) is 30.6 Å². The second kappa shape index (κ2) is 5.21. The van der Waals surface area contributed by atoms with Gasteiger partial charge in [0.2, 0.25) is 0 Å². The lowest BCUT2D eigenvalue weighted by Crippen LogP contribution is -2.31. The molecule has 1 unspecified atom stereocenters. The molecule has 98 valence electrons. The van der Waals surface area contributed by atoms with Crippen LogP contribution >= 0.6 is 0 Å². The van der Waals surface area contributed by atoms with Gasteiger partial charge in [-0.1, -0.05) is 23.8 Å². The molecule has 1 N–H and O–H groups in total. The summed E-state index contributed by atoms with van der Waals surface area (Å²) >= 11 is 0. The van der Waals surface area contributed by atoms with Gasteiger partial charge in [0.1, 0.15) is 0 Å². The number of hydrogen-bond donors (Lipinski definition) is 1. The molecule has 1 aromatic carbocycles. The van der Waals surface area contributed by atoms with Crippen LogP contribution in [-0.4, -0.2) is 41.0 Å². The summed E-state index contributed by atoms with van der Waals surface area (Å²) in [5.41, 5.74) is 1.33. The normalized spacial score (nSPS) is 24.4. The fourth-order valence-electron chi connectivity index (χ4n) is 2.45. The van der Waals surface area contributed by atoms with Crippen LogP contribution in [0.25, 0.3) is 0 Å². The van der Waals surface area contributed by atoms with E-state index in [1.165, 1.54) is 0 Å². The predicted octanol–water partition coefficient (Wildman–Crippen LogP) is 2.02. The van der Waals surface area contributed by atoms with E-state index >= 15 is 0 Å². The maximum Gasteiger partial charge on any atom is 0.164 e. The van der Waals surface area contributed by atoms with Crippen molar-refractivity contribution in [3.63, 3.8) is 0 Å². The first kappa shape index (κ1) is 13.2. The zero-order valence-electron chi connectivity index (χ0n) is 11.1. The van der Waals surface area contributed by atoms with Gasteiger partial charge in [0.05, 0.1) is 5.60 Å². The summed E-state index contributed by atoms with van der Waals surface area (Å²) in [7, 11) is 0. The van der Waals surface area contributed by atoms with Crippen LogP contribution < -0.4 is 0 Å². The second-order valence-corrected chi connectivity index (χ2v) is 5.57. The number of likely N-dealkylation sites (tertiary alicyclic amines) is 1. The van der Waals surface area contributed by atoms with Gasteiger partial charge < -0.3 is 5.11 Å². The number of aliphatic hydroxyl groups is 1. The van der Waals surface area contributed by atoms with Crippen molar-refractivity contribution in [3.05, 3.63) is 35.4 Å². The second-order valence-electron chi connectivity index (χ2n) is 5.57. The fraction of sp³-hybridized carbons (Fsp3) is 0.533. The van der Waals surface area contributed by atoms with Crippen LogP contribution in [0.3, 0.4) is 0 Å². The molecule has 1 fully saturated rings. The zero-order valence-corrected chi connectivity index (χ0v) is 11.1. The number of carbonyl (C=O) groups is 1. The van der Waals surface area contributed by atoms with Crippen LogP contribution in [0.4, 0.5) is 0 Å². The van der Waals surface area contributed by atoms with Gasteiger partial charge in [0.15, 0.2) is 5.78 Å². The molecule has 1 saturated heterocycles. The summed E-state index contributed by atoms with van der Waals surface area (Å²) in [6, 6.07) is 7.72. The Morgan fingerprint density at radius 2 is 2.28 bits per heavy atom. The number of aryl methyl sites for hydroxylation is 1. The monoisotopic (exact) mass is 247 g/mol. The standard InChI is InChI=1S/C15H21NO2/c1-12-4-3-5-13(10-12)14(17)6-8-16-9-7-15(2,18)11-16/h3-5,10,18H,6-9,11H2,1-2H3. The van der Waals surface area contributed by atoms with E-state index in [-0.39, 0.29) is 5.78 Å². The molecule has 0 spiro atoms. The Morgan fingerprint density at radius 3 is 2.89 bits per heavy atom. The lowest BCUT2D eigenvalue weighted by molar-refractivity contribution is 0.0677. The Hall–Kier alpha value is -1.19. The fourth-order valence-corrected chi connectivity index (χ4v) is 2.45. The number of carbonyl (C=O) groups excluding carboxylic acids is 1. The van der Waals surface area contributed by atoms with Gasteiger partial charge >= 0.3 is 0 Å². The number of nitrogens with zero attached hydrogens (tertiary/aromatic N) is 1. The van der Waals surface area contributed by atoms with Crippen LogP contribution in [0.5, 0.6) is 0 Å². The molecule has 0 saturated carbocycles. The predicted molar refractivity (Wildman–Crippen MR) is 71.8 cm³/mol. The highest BCUT2D eigenvalue weighted by Gasteiger charge is 2.31. The van der Waals surface area contributed by atoms with E-state index in [1.54, 1.807) is 0 Å². The first-order valence-corrected chi connectivity index (χ1v) is 6.51. The first-order valence-electron chi connectivity index (χ1n) is 6.51. The number of β-amino-alcohol motifs (C(OH)–C–C–N with tert-alkyl or cyclic N) is 1. The Labute approximate surface area is 108 Å². The number of rotatable bonds is 4. The van der Waals surface area contributed by atoms with Crippen molar-refractivity contribution in [2.24, 2.45) is 0 Å². The van der Waals surface area contributed by atoms with E-state index in [0.29, 0.717) is 13.0 Å². The van der Waals surface area contributed by atoms with Crippen molar-refractivity contribution in [2.75, 3.05) is 19.6 Å².